The quantitative estimate of drug-likeness (QED) is 0.430. The Balaban J connectivity index is 1.58. The van der Waals surface area contributed by atoms with Crippen LogP contribution in [0.3, 0.4) is 0 Å². The van der Waals surface area contributed by atoms with E-state index in [1.54, 1.807) is 12.1 Å². The Morgan fingerprint density at radius 3 is 2.00 bits per heavy atom. The molecule has 0 radical (unpaired) electrons. The first-order chi connectivity index (χ1) is 13.2. The molecule has 0 aliphatic carbocycles. The molecule has 0 fully saturated rings. The van der Waals surface area contributed by atoms with E-state index in [0.29, 0.717) is 5.75 Å². The molecule has 0 saturated carbocycles. The molecule has 1 N–H and O–H groups in total. The third kappa shape index (κ3) is 5.26. The van der Waals surface area contributed by atoms with Crippen LogP contribution in [0.25, 0.3) is 11.3 Å². The summed E-state index contributed by atoms with van der Waals surface area (Å²) in [6.07, 6.45) is 7.32. The summed E-state index contributed by atoms with van der Waals surface area (Å²) in [7, 11) is 0. The van der Waals surface area contributed by atoms with Gasteiger partial charge in [-0.1, -0.05) is 44.0 Å². The SMILES string of the molecule is CCCCCc1ccc(CCCn2c(C)ccc2-c2ccc(O)cc2)cc1. The number of aryl methyl sites for hydroxylation is 3. The number of hydrogen-bond donors (Lipinski definition) is 1. The largest absolute Gasteiger partial charge is 0.508 e. The minimum atomic E-state index is 0.312. The molecule has 3 rings (SSSR count). The van der Waals surface area contributed by atoms with E-state index in [2.05, 4.69) is 54.8 Å². The predicted octanol–water partition coefficient (Wildman–Crippen LogP) is 6.53. The van der Waals surface area contributed by atoms with Gasteiger partial charge in [0.1, 0.15) is 5.75 Å². The molecule has 0 unspecified atom stereocenters. The molecule has 1 heterocycles. The van der Waals surface area contributed by atoms with Crippen molar-refractivity contribution >= 4 is 0 Å². The molecule has 27 heavy (non-hydrogen) atoms. The fraction of sp³-hybridized carbons (Fsp3) is 0.360. The minimum absolute atomic E-state index is 0.312. The van der Waals surface area contributed by atoms with Crippen LogP contribution in [0.2, 0.25) is 0 Å². The summed E-state index contributed by atoms with van der Waals surface area (Å²) in [4.78, 5) is 0. The van der Waals surface area contributed by atoms with Gasteiger partial charge in [-0.25, -0.2) is 0 Å². The van der Waals surface area contributed by atoms with E-state index in [0.717, 1.165) is 24.9 Å². The highest BCUT2D eigenvalue weighted by Crippen LogP contribution is 2.25. The lowest BCUT2D eigenvalue weighted by atomic mass is 10.0. The summed E-state index contributed by atoms with van der Waals surface area (Å²) < 4.78 is 2.38. The zero-order valence-corrected chi connectivity index (χ0v) is 16.6. The maximum absolute atomic E-state index is 9.52. The molecule has 0 bridgehead atoms. The number of benzene rings is 2. The summed E-state index contributed by atoms with van der Waals surface area (Å²) in [5.74, 6) is 0.312. The van der Waals surface area contributed by atoms with Crippen molar-refractivity contribution in [3.63, 3.8) is 0 Å². The molecule has 0 aliphatic heterocycles. The van der Waals surface area contributed by atoms with Crippen LogP contribution >= 0.6 is 0 Å². The molecule has 0 aliphatic rings. The van der Waals surface area contributed by atoms with E-state index in [4.69, 9.17) is 0 Å². The predicted molar refractivity (Wildman–Crippen MR) is 114 cm³/mol. The highest BCUT2D eigenvalue weighted by Gasteiger charge is 2.07. The van der Waals surface area contributed by atoms with Crippen molar-refractivity contribution < 1.29 is 5.11 Å². The van der Waals surface area contributed by atoms with Crippen molar-refractivity contribution in [3.8, 4) is 17.0 Å². The number of phenols is 1. The van der Waals surface area contributed by atoms with Crippen LogP contribution < -0.4 is 0 Å². The number of aromatic hydroxyl groups is 1. The molecular weight excluding hydrogens is 330 g/mol. The Bertz CT molecular complexity index is 828. The Morgan fingerprint density at radius 2 is 1.37 bits per heavy atom. The maximum atomic E-state index is 9.52. The Labute approximate surface area is 163 Å². The number of rotatable bonds is 9. The van der Waals surface area contributed by atoms with E-state index >= 15 is 0 Å². The van der Waals surface area contributed by atoms with Gasteiger partial charge in [0, 0.05) is 17.9 Å². The Morgan fingerprint density at radius 1 is 0.741 bits per heavy atom. The second kappa shape index (κ2) is 9.45. The molecule has 1 aromatic heterocycles. The van der Waals surface area contributed by atoms with Crippen LogP contribution in [-0.4, -0.2) is 9.67 Å². The lowest BCUT2D eigenvalue weighted by molar-refractivity contribution is 0.475. The Kier molecular flexibility index (Phi) is 6.75. The highest BCUT2D eigenvalue weighted by molar-refractivity contribution is 5.61. The van der Waals surface area contributed by atoms with Crippen LogP contribution in [0, 0.1) is 6.92 Å². The third-order valence-electron chi connectivity index (χ3n) is 5.30. The highest BCUT2D eigenvalue weighted by atomic mass is 16.3. The fourth-order valence-corrected chi connectivity index (χ4v) is 3.64. The molecule has 3 aromatic rings. The number of unbranched alkanes of at least 4 members (excludes halogenated alkanes) is 2. The second-order valence-corrected chi connectivity index (χ2v) is 7.44. The summed E-state index contributed by atoms with van der Waals surface area (Å²) in [5, 5.41) is 9.52. The van der Waals surface area contributed by atoms with Gasteiger partial charge in [-0.3, -0.25) is 0 Å². The topological polar surface area (TPSA) is 25.2 Å². The second-order valence-electron chi connectivity index (χ2n) is 7.44. The third-order valence-corrected chi connectivity index (χ3v) is 5.30. The summed E-state index contributed by atoms with van der Waals surface area (Å²) in [5.41, 5.74) is 6.54. The van der Waals surface area contributed by atoms with Crippen LogP contribution in [0.5, 0.6) is 5.75 Å². The molecule has 2 heteroatoms. The average Bonchev–Trinajstić information content (AvgIpc) is 3.05. The molecule has 0 spiro atoms. The molecule has 0 atom stereocenters. The average molecular weight is 362 g/mol. The standard InChI is InChI=1S/C25H31NO/c1-3-4-5-7-21-10-12-22(13-11-21)8-6-19-26-20(2)9-18-25(26)23-14-16-24(27)17-15-23/h9-18,27H,3-8,19H2,1-2H3. The minimum Gasteiger partial charge on any atom is -0.508 e. The summed E-state index contributed by atoms with van der Waals surface area (Å²) >= 11 is 0. The van der Waals surface area contributed by atoms with Gasteiger partial charge in [0.25, 0.3) is 0 Å². The van der Waals surface area contributed by atoms with E-state index in [-0.39, 0.29) is 0 Å². The van der Waals surface area contributed by atoms with Crippen molar-refractivity contribution in [2.45, 2.75) is 58.9 Å². The van der Waals surface area contributed by atoms with E-state index in [1.165, 1.54) is 48.2 Å². The van der Waals surface area contributed by atoms with Crippen molar-refractivity contribution in [2.75, 3.05) is 0 Å². The van der Waals surface area contributed by atoms with E-state index in [9.17, 15) is 5.11 Å². The molecule has 2 nitrogen and oxygen atoms in total. The lowest BCUT2D eigenvalue weighted by Crippen LogP contribution is -2.03. The van der Waals surface area contributed by atoms with Crippen LogP contribution in [-0.2, 0) is 19.4 Å². The fourth-order valence-electron chi connectivity index (χ4n) is 3.64. The monoisotopic (exact) mass is 361 g/mol. The first-order valence-corrected chi connectivity index (χ1v) is 10.2. The van der Waals surface area contributed by atoms with Gasteiger partial charge >= 0.3 is 0 Å². The van der Waals surface area contributed by atoms with E-state index < -0.39 is 0 Å². The van der Waals surface area contributed by atoms with Crippen molar-refractivity contribution in [1.29, 1.82) is 0 Å². The molecule has 2 aromatic carbocycles. The maximum Gasteiger partial charge on any atom is 0.115 e. The molecule has 0 saturated heterocycles. The molecular formula is C25H31NO. The smallest absolute Gasteiger partial charge is 0.115 e. The molecule has 142 valence electrons. The van der Waals surface area contributed by atoms with E-state index in [1.807, 2.05) is 12.1 Å². The van der Waals surface area contributed by atoms with Gasteiger partial charge < -0.3 is 9.67 Å². The molecule has 0 amide bonds. The lowest BCUT2D eigenvalue weighted by Gasteiger charge is -2.12. The van der Waals surface area contributed by atoms with Gasteiger partial charge in [0.15, 0.2) is 0 Å². The van der Waals surface area contributed by atoms with Crippen LogP contribution in [0.15, 0.2) is 60.7 Å². The number of aromatic nitrogens is 1. The van der Waals surface area contributed by atoms with Gasteiger partial charge in [0.2, 0.25) is 0 Å². The van der Waals surface area contributed by atoms with Crippen LogP contribution in [0.4, 0.5) is 0 Å². The summed E-state index contributed by atoms with van der Waals surface area (Å²) in [6.45, 7) is 5.42. The van der Waals surface area contributed by atoms with Crippen molar-refractivity contribution in [1.82, 2.24) is 4.57 Å². The normalized spacial score (nSPS) is 11.0. The van der Waals surface area contributed by atoms with Gasteiger partial charge in [-0.2, -0.15) is 0 Å². The zero-order valence-electron chi connectivity index (χ0n) is 16.6. The Hall–Kier alpha value is -2.48. The van der Waals surface area contributed by atoms with Gasteiger partial charge in [0.05, 0.1) is 0 Å². The van der Waals surface area contributed by atoms with Gasteiger partial charge in [-0.15, -0.1) is 0 Å². The van der Waals surface area contributed by atoms with Crippen LogP contribution in [0.1, 0.15) is 49.4 Å². The number of nitrogens with zero attached hydrogens (tertiary/aromatic N) is 1. The van der Waals surface area contributed by atoms with Gasteiger partial charge in [-0.05, 0) is 85.7 Å². The first kappa shape index (κ1) is 19.3. The van der Waals surface area contributed by atoms with Crippen molar-refractivity contribution in [2.24, 2.45) is 0 Å². The number of phenolic OH excluding ortho intramolecular Hbond substituents is 1. The summed E-state index contributed by atoms with van der Waals surface area (Å²) in [6, 6.07) is 21.0. The number of hydrogen-bond acceptors (Lipinski definition) is 1. The first-order valence-electron chi connectivity index (χ1n) is 10.2. The zero-order chi connectivity index (χ0) is 19.1. The van der Waals surface area contributed by atoms with Crippen molar-refractivity contribution in [3.05, 3.63) is 77.5 Å².